The lowest BCUT2D eigenvalue weighted by Gasteiger charge is -2.09. The molecule has 6 heteroatoms. The van der Waals surface area contributed by atoms with E-state index < -0.39 is 10.7 Å². The van der Waals surface area contributed by atoms with E-state index in [1.54, 1.807) is 24.3 Å². The molecule has 1 aromatic heterocycles. The summed E-state index contributed by atoms with van der Waals surface area (Å²) in [6.45, 7) is 0. The number of hydrogen-bond acceptors (Lipinski definition) is 3. The number of nitro groups is 1. The minimum Gasteiger partial charge on any atom is -0.258 e. The highest BCUT2D eigenvalue weighted by Crippen LogP contribution is 2.39. The average molecular weight is 303 g/mol. The standard InChI is InChI=1S/C15H8ClFN2O2/c16-12-4-2-1-3-10(12)15-11-7-9(17)5-6-13(11)18-8-14(15)19(20)21/h1-8H. The molecule has 104 valence electrons. The van der Waals surface area contributed by atoms with Crippen molar-refractivity contribution in [2.75, 3.05) is 0 Å². The first-order valence-electron chi connectivity index (χ1n) is 6.05. The molecule has 0 saturated heterocycles. The number of nitrogens with zero attached hydrogens (tertiary/aromatic N) is 2. The largest absolute Gasteiger partial charge is 0.296 e. The van der Waals surface area contributed by atoms with Crippen LogP contribution in [0.4, 0.5) is 10.1 Å². The van der Waals surface area contributed by atoms with Crippen molar-refractivity contribution in [3.05, 3.63) is 69.6 Å². The molecule has 0 atom stereocenters. The van der Waals surface area contributed by atoms with E-state index in [1.807, 2.05) is 0 Å². The summed E-state index contributed by atoms with van der Waals surface area (Å²) in [6.07, 6.45) is 1.17. The third-order valence-electron chi connectivity index (χ3n) is 3.15. The minimum absolute atomic E-state index is 0.207. The first-order valence-corrected chi connectivity index (χ1v) is 6.43. The number of pyridine rings is 1. The van der Waals surface area contributed by atoms with Gasteiger partial charge in [0.15, 0.2) is 0 Å². The van der Waals surface area contributed by atoms with Gasteiger partial charge in [-0.2, -0.15) is 0 Å². The van der Waals surface area contributed by atoms with Crippen molar-refractivity contribution < 1.29 is 9.31 Å². The molecule has 1 heterocycles. The van der Waals surface area contributed by atoms with E-state index in [2.05, 4.69) is 4.98 Å². The summed E-state index contributed by atoms with van der Waals surface area (Å²) < 4.78 is 13.5. The van der Waals surface area contributed by atoms with Crippen LogP contribution in [0, 0.1) is 15.9 Å². The summed E-state index contributed by atoms with van der Waals surface area (Å²) in [7, 11) is 0. The highest BCUT2D eigenvalue weighted by atomic mass is 35.5. The van der Waals surface area contributed by atoms with Gasteiger partial charge >= 0.3 is 0 Å². The first kappa shape index (κ1) is 13.5. The predicted octanol–water partition coefficient (Wildman–Crippen LogP) is 4.60. The van der Waals surface area contributed by atoms with Gasteiger partial charge in [-0.25, -0.2) is 9.37 Å². The molecule has 2 aromatic carbocycles. The third-order valence-corrected chi connectivity index (χ3v) is 3.48. The Bertz CT molecular complexity index is 867. The molecule has 0 aliphatic heterocycles. The molecule has 0 fully saturated rings. The Morgan fingerprint density at radius 1 is 1.19 bits per heavy atom. The minimum atomic E-state index is -0.546. The number of halogens is 2. The van der Waals surface area contributed by atoms with E-state index in [1.165, 1.54) is 24.4 Å². The van der Waals surface area contributed by atoms with Gasteiger partial charge in [0.2, 0.25) is 0 Å². The van der Waals surface area contributed by atoms with Crippen LogP contribution in [0.5, 0.6) is 0 Å². The molecule has 4 nitrogen and oxygen atoms in total. The van der Waals surface area contributed by atoms with Crippen molar-refractivity contribution in [3.63, 3.8) is 0 Å². The third kappa shape index (κ3) is 2.32. The summed E-state index contributed by atoms with van der Waals surface area (Å²) in [4.78, 5) is 14.7. The maximum atomic E-state index is 13.5. The van der Waals surface area contributed by atoms with Gasteiger partial charge in [0.1, 0.15) is 12.0 Å². The number of fused-ring (bicyclic) bond motifs is 1. The van der Waals surface area contributed by atoms with Crippen LogP contribution in [0.1, 0.15) is 0 Å². The predicted molar refractivity (Wildman–Crippen MR) is 78.8 cm³/mol. The van der Waals surface area contributed by atoms with Crippen LogP contribution in [0.2, 0.25) is 5.02 Å². The van der Waals surface area contributed by atoms with Gasteiger partial charge in [-0.05, 0) is 24.3 Å². The van der Waals surface area contributed by atoms with Gasteiger partial charge in [0, 0.05) is 16.0 Å². The van der Waals surface area contributed by atoms with E-state index in [-0.39, 0.29) is 11.3 Å². The maximum Gasteiger partial charge on any atom is 0.296 e. The second-order valence-corrected chi connectivity index (χ2v) is 4.82. The number of aromatic nitrogens is 1. The smallest absolute Gasteiger partial charge is 0.258 e. The fourth-order valence-electron chi connectivity index (χ4n) is 2.24. The van der Waals surface area contributed by atoms with Crippen LogP contribution in [0.3, 0.4) is 0 Å². The van der Waals surface area contributed by atoms with Crippen LogP contribution in [-0.2, 0) is 0 Å². The van der Waals surface area contributed by atoms with Crippen LogP contribution in [0.15, 0.2) is 48.7 Å². The van der Waals surface area contributed by atoms with Crippen LogP contribution >= 0.6 is 11.6 Å². The van der Waals surface area contributed by atoms with E-state index in [0.717, 1.165) is 0 Å². The van der Waals surface area contributed by atoms with Crippen molar-refractivity contribution in [1.82, 2.24) is 4.98 Å². The molecule has 0 amide bonds. The van der Waals surface area contributed by atoms with Gasteiger partial charge in [-0.1, -0.05) is 29.8 Å². The maximum absolute atomic E-state index is 13.5. The summed E-state index contributed by atoms with van der Waals surface area (Å²) in [5.74, 6) is -0.488. The van der Waals surface area contributed by atoms with Gasteiger partial charge in [0.05, 0.1) is 16.0 Å². The summed E-state index contributed by atoms with van der Waals surface area (Å²) in [6, 6.07) is 10.7. The van der Waals surface area contributed by atoms with Gasteiger partial charge < -0.3 is 0 Å². The average Bonchev–Trinajstić information content (AvgIpc) is 2.46. The number of benzene rings is 2. The van der Waals surface area contributed by atoms with E-state index >= 15 is 0 Å². The molecular formula is C15H8ClFN2O2. The monoisotopic (exact) mass is 302 g/mol. The molecule has 0 aliphatic rings. The Morgan fingerprint density at radius 3 is 2.67 bits per heavy atom. The van der Waals surface area contributed by atoms with E-state index in [9.17, 15) is 14.5 Å². The number of rotatable bonds is 2. The van der Waals surface area contributed by atoms with E-state index in [4.69, 9.17) is 11.6 Å². The molecule has 3 aromatic rings. The Labute approximate surface area is 124 Å². The molecule has 0 spiro atoms. The topological polar surface area (TPSA) is 56.0 Å². The molecule has 3 rings (SSSR count). The lowest BCUT2D eigenvalue weighted by molar-refractivity contribution is -0.384. The Morgan fingerprint density at radius 2 is 1.95 bits per heavy atom. The Balaban J connectivity index is 2.47. The van der Waals surface area contributed by atoms with Crippen molar-refractivity contribution in [1.29, 1.82) is 0 Å². The number of hydrogen-bond donors (Lipinski definition) is 0. The molecular weight excluding hydrogens is 295 g/mol. The zero-order chi connectivity index (χ0) is 15.0. The van der Waals surface area contributed by atoms with Crippen molar-refractivity contribution in [3.8, 4) is 11.1 Å². The molecule has 0 unspecified atom stereocenters. The zero-order valence-corrected chi connectivity index (χ0v) is 11.3. The molecule has 0 bridgehead atoms. The molecule has 21 heavy (non-hydrogen) atoms. The second kappa shape index (κ2) is 5.10. The highest BCUT2D eigenvalue weighted by molar-refractivity contribution is 6.34. The SMILES string of the molecule is O=[N+]([O-])c1cnc2ccc(F)cc2c1-c1ccccc1Cl. The van der Waals surface area contributed by atoms with Crippen molar-refractivity contribution >= 4 is 28.2 Å². The molecule has 0 N–H and O–H groups in total. The second-order valence-electron chi connectivity index (χ2n) is 4.42. The fourth-order valence-corrected chi connectivity index (χ4v) is 2.47. The Hall–Kier alpha value is -2.53. The quantitative estimate of drug-likeness (QED) is 0.513. The van der Waals surface area contributed by atoms with Crippen LogP contribution in [-0.4, -0.2) is 9.91 Å². The molecule has 0 aliphatic carbocycles. The summed E-state index contributed by atoms with van der Waals surface area (Å²) in [5, 5.41) is 12.0. The molecule has 0 radical (unpaired) electrons. The first-order chi connectivity index (χ1) is 10.1. The van der Waals surface area contributed by atoms with Gasteiger partial charge in [-0.3, -0.25) is 10.1 Å². The Kier molecular flexibility index (Phi) is 3.27. The molecule has 0 saturated carbocycles. The lowest BCUT2D eigenvalue weighted by atomic mass is 9.99. The highest BCUT2D eigenvalue weighted by Gasteiger charge is 2.21. The lowest BCUT2D eigenvalue weighted by Crippen LogP contribution is -1.96. The van der Waals surface area contributed by atoms with Crippen LogP contribution < -0.4 is 0 Å². The van der Waals surface area contributed by atoms with Crippen LogP contribution in [0.25, 0.3) is 22.0 Å². The zero-order valence-electron chi connectivity index (χ0n) is 10.6. The van der Waals surface area contributed by atoms with Gasteiger partial charge in [-0.15, -0.1) is 0 Å². The van der Waals surface area contributed by atoms with Crippen molar-refractivity contribution in [2.45, 2.75) is 0 Å². The summed E-state index contributed by atoms with van der Waals surface area (Å²) in [5.41, 5.74) is 1.01. The van der Waals surface area contributed by atoms with Crippen molar-refractivity contribution in [2.24, 2.45) is 0 Å². The normalized spacial score (nSPS) is 10.8. The van der Waals surface area contributed by atoms with Gasteiger partial charge in [0.25, 0.3) is 5.69 Å². The fraction of sp³-hybridized carbons (Fsp3) is 0. The van der Waals surface area contributed by atoms with E-state index in [0.29, 0.717) is 21.5 Å². The summed E-state index contributed by atoms with van der Waals surface area (Å²) >= 11 is 6.14.